The maximum absolute atomic E-state index is 12.1. The number of carbonyl (C=O) groups excluding carboxylic acids is 1. The zero-order valence-electron chi connectivity index (χ0n) is 10.7. The maximum atomic E-state index is 12.1. The summed E-state index contributed by atoms with van der Waals surface area (Å²) in [5.41, 5.74) is 0.0890. The second kappa shape index (κ2) is 4.36. The summed E-state index contributed by atoms with van der Waals surface area (Å²) >= 11 is 0. The van der Waals surface area contributed by atoms with Gasteiger partial charge in [-0.1, -0.05) is 20.8 Å². The first kappa shape index (κ1) is 11.9. The summed E-state index contributed by atoms with van der Waals surface area (Å²) in [5, 5.41) is 0. The molecule has 3 heteroatoms. The van der Waals surface area contributed by atoms with Gasteiger partial charge in [-0.2, -0.15) is 0 Å². The molecule has 0 bridgehead atoms. The quantitative estimate of drug-likeness (QED) is 0.683. The van der Waals surface area contributed by atoms with Gasteiger partial charge in [-0.3, -0.25) is 4.79 Å². The van der Waals surface area contributed by atoms with Crippen molar-refractivity contribution >= 4 is 5.91 Å². The summed E-state index contributed by atoms with van der Waals surface area (Å²) in [7, 11) is 0. The van der Waals surface area contributed by atoms with Crippen molar-refractivity contribution in [1.82, 2.24) is 4.90 Å². The smallest absolute Gasteiger partial charge is 0.223 e. The number of rotatable bonds is 1. The Kier molecular flexibility index (Phi) is 3.24. The van der Waals surface area contributed by atoms with Crippen LogP contribution in [0.25, 0.3) is 0 Å². The number of amides is 1. The van der Waals surface area contributed by atoms with Gasteiger partial charge in [0.15, 0.2) is 0 Å². The highest BCUT2D eigenvalue weighted by atomic mass is 16.5. The van der Waals surface area contributed by atoms with E-state index in [0.717, 1.165) is 26.1 Å². The van der Waals surface area contributed by atoms with Crippen molar-refractivity contribution in [2.75, 3.05) is 19.7 Å². The van der Waals surface area contributed by atoms with Gasteiger partial charge in [0.05, 0.1) is 6.10 Å². The van der Waals surface area contributed by atoms with Crippen LogP contribution in [0.1, 0.15) is 40.0 Å². The van der Waals surface area contributed by atoms with Crippen LogP contribution >= 0.6 is 0 Å². The number of ether oxygens (including phenoxy) is 1. The Morgan fingerprint density at radius 3 is 2.75 bits per heavy atom. The van der Waals surface area contributed by atoms with Gasteiger partial charge < -0.3 is 9.64 Å². The molecule has 16 heavy (non-hydrogen) atoms. The van der Waals surface area contributed by atoms with E-state index in [1.54, 1.807) is 0 Å². The van der Waals surface area contributed by atoms with Gasteiger partial charge in [0.1, 0.15) is 0 Å². The topological polar surface area (TPSA) is 29.5 Å². The number of fused-ring (bicyclic) bond motifs is 1. The molecule has 0 spiro atoms. The Morgan fingerprint density at radius 2 is 2.12 bits per heavy atom. The SMILES string of the molecule is CC(C)(C)CC(=O)N1CC2CCCOC2C1. The summed E-state index contributed by atoms with van der Waals surface area (Å²) in [4.78, 5) is 14.1. The number of hydrogen-bond donors (Lipinski definition) is 0. The fraction of sp³-hybridized carbons (Fsp3) is 0.923. The summed E-state index contributed by atoms with van der Waals surface area (Å²) in [6.45, 7) is 8.96. The molecule has 2 fully saturated rings. The molecule has 0 aromatic rings. The van der Waals surface area contributed by atoms with E-state index < -0.39 is 0 Å². The molecule has 0 saturated carbocycles. The lowest BCUT2D eigenvalue weighted by molar-refractivity contribution is -0.132. The first-order valence-electron chi connectivity index (χ1n) is 6.35. The number of hydrogen-bond acceptors (Lipinski definition) is 2. The highest BCUT2D eigenvalue weighted by Crippen LogP contribution is 2.30. The van der Waals surface area contributed by atoms with Crippen molar-refractivity contribution in [3.63, 3.8) is 0 Å². The number of nitrogens with zero attached hydrogens (tertiary/aromatic N) is 1. The Hall–Kier alpha value is -0.570. The first-order chi connectivity index (χ1) is 7.46. The standard InChI is InChI=1S/C13H23NO2/c1-13(2,3)7-12(15)14-8-10-5-4-6-16-11(10)9-14/h10-11H,4-9H2,1-3H3. The average Bonchev–Trinajstić information content (AvgIpc) is 2.58. The van der Waals surface area contributed by atoms with Crippen LogP contribution in [0, 0.1) is 11.3 Å². The Balaban J connectivity index is 1.90. The van der Waals surface area contributed by atoms with E-state index >= 15 is 0 Å². The molecule has 1 amide bonds. The molecular weight excluding hydrogens is 202 g/mol. The van der Waals surface area contributed by atoms with Gasteiger partial charge in [-0.25, -0.2) is 0 Å². The van der Waals surface area contributed by atoms with Gasteiger partial charge in [-0.15, -0.1) is 0 Å². The third kappa shape index (κ3) is 2.76. The normalized spacial score (nSPS) is 30.3. The first-order valence-corrected chi connectivity index (χ1v) is 6.35. The largest absolute Gasteiger partial charge is 0.376 e. The third-order valence-corrected chi connectivity index (χ3v) is 3.47. The van der Waals surface area contributed by atoms with Crippen molar-refractivity contribution in [2.24, 2.45) is 11.3 Å². The Labute approximate surface area is 98.1 Å². The molecular formula is C13H23NO2. The van der Waals surface area contributed by atoms with E-state index in [-0.39, 0.29) is 5.41 Å². The molecule has 0 aromatic carbocycles. The predicted octanol–water partition coefficient (Wildman–Crippen LogP) is 2.06. The van der Waals surface area contributed by atoms with E-state index in [2.05, 4.69) is 20.8 Å². The summed E-state index contributed by atoms with van der Waals surface area (Å²) in [6, 6.07) is 0. The third-order valence-electron chi connectivity index (χ3n) is 3.47. The van der Waals surface area contributed by atoms with Gasteiger partial charge >= 0.3 is 0 Å². The van der Waals surface area contributed by atoms with E-state index in [4.69, 9.17) is 4.74 Å². The van der Waals surface area contributed by atoms with Gasteiger partial charge in [-0.05, 0) is 18.3 Å². The fourth-order valence-corrected chi connectivity index (χ4v) is 2.66. The Morgan fingerprint density at radius 1 is 1.38 bits per heavy atom. The second-order valence-electron chi connectivity index (χ2n) is 6.35. The van der Waals surface area contributed by atoms with Gasteiger partial charge in [0.2, 0.25) is 5.91 Å². The molecule has 2 aliphatic rings. The molecule has 2 rings (SSSR count). The minimum atomic E-state index is 0.0890. The lowest BCUT2D eigenvalue weighted by atomic mass is 9.91. The van der Waals surface area contributed by atoms with Crippen LogP contribution in [-0.2, 0) is 9.53 Å². The van der Waals surface area contributed by atoms with Crippen molar-refractivity contribution in [3.05, 3.63) is 0 Å². The van der Waals surface area contributed by atoms with Crippen molar-refractivity contribution in [1.29, 1.82) is 0 Å². The van der Waals surface area contributed by atoms with Crippen molar-refractivity contribution < 1.29 is 9.53 Å². The number of carbonyl (C=O) groups is 1. The number of likely N-dealkylation sites (tertiary alicyclic amines) is 1. The molecule has 0 aromatic heterocycles. The van der Waals surface area contributed by atoms with Crippen molar-refractivity contribution in [3.8, 4) is 0 Å². The van der Waals surface area contributed by atoms with Crippen LogP contribution < -0.4 is 0 Å². The van der Waals surface area contributed by atoms with E-state index in [1.165, 1.54) is 6.42 Å². The monoisotopic (exact) mass is 225 g/mol. The molecule has 0 N–H and O–H groups in total. The highest BCUT2D eigenvalue weighted by Gasteiger charge is 2.37. The molecule has 3 nitrogen and oxygen atoms in total. The van der Waals surface area contributed by atoms with Crippen LogP contribution in [-0.4, -0.2) is 36.6 Å². The predicted molar refractivity (Wildman–Crippen MR) is 63.1 cm³/mol. The minimum Gasteiger partial charge on any atom is -0.376 e. The van der Waals surface area contributed by atoms with E-state index in [0.29, 0.717) is 24.3 Å². The summed E-state index contributed by atoms with van der Waals surface area (Å²) < 4.78 is 5.72. The molecule has 0 aliphatic carbocycles. The second-order valence-corrected chi connectivity index (χ2v) is 6.35. The fourth-order valence-electron chi connectivity index (χ4n) is 2.66. The van der Waals surface area contributed by atoms with E-state index in [9.17, 15) is 4.79 Å². The van der Waals surface area contributed by atoms with Crippen LogP contribution in [0.15, 0.2) is 0 Å². The van der Waals surface area contributed by atoms with Crippen LogP contribution in [0.3, 0.4) is 0 Å². The van der Waals surface area contributed by atoms with Crippen LogP contribution in [0.4, 0.5) is 0 Å². The molecule has 2 atom stereocenters. The maximum Gasteiger partial charge on any atom is 0.223 e. The molecule has 0 radical (unpaired) electrons. The lowest BCUT2D eigenvalue weighted by Crippen LogP contribution is -2.32. The minimum absolute atomic E-state index is 0.0890. The lowest BCUT2D eigenvalue weighted by Gasteiger charge is -2.23. The summed E-state index contributed by atoms with van der Waals surface area (Å²) in [5.74, 6) is 0.892. The van der Waals surface area contributed by atoms with Crippen molar-refractivity contribution in [2.45, 2.75) is 46.1 Å². The molecule has 2 aliphatic heterocycles. The molecule has 2 unspecified atom stereocenters. The average molecular weight is 225 g/mol. The van der Waals surface area contributed by atoms with Crippen LogP contribution in [0.5, 0.6) is 0 Å². The molecule has 2 heterocycles. The zero-order valence-corrected chi connectivity index (χ0v) is 10.7. The molecule has 2 saturated heterocycles. The molecule has 92 valence electrons. The van der Waals surface area contributed by atoms with Crippen LogP contribution in [0.2, 0.25) is 0 Å². The Bertz CT molecular complexity index is 256. The van der Waals surface area contributed by atoms with E-state index in [1.807, 2.05) is 4.90 Å². The summed E-state index contributed by atoms with van der Waals surface area (Å²) in [6.07, 6.45) is 3.34. The zero-order chi connectivity index (χ0) is 11.8. The van der Waals surface area contributed by atoms with Gasteiger partial charge in [0.25, 0.3) is 0 Å². The highest BCUT2D eigenvalue weighted by molar-refractivity contribution is 5.77. The van der Waals surface area contributed by atoms with Gasteiger partial charge in [0, 0.05) is 32.0 Å².